The molecule has 0 aromatic carbocycles. The molecule has 5 nitrogen and oxygen atoms in total. The van der Waals surface area contributed by atoms with Crippen LogP contribution >= 0.6 is 0 Å². The van der Waals surface area contributed by atoms with Gasteiger partial charge in [-0.3, -0.25) is 9.80 Å². The van der Waals surface area contributed by atoms with Gasteiger partial charge in [0.1, 0.15) is 0 Å². The largest absolute Gasteiger partial charge is 0.389 e. The van der Waals surface area contributed by atoms with Crippen LogP contribution in [0.15, 0.2) is 0 Å². The second-order valence-corrected chi connectivity index (χ2v) is 5.67. The monoisotopic (exact) mass is 272 g/mol. The fourth-order valence-corrected chi connectivity index (χ4v) is 3.10. The molecule has 2 unspecified atom stereocenters. The lowest BCUT2D eigenvalue weighted by molar-refractivity contribution is -0.00616. The summed E-state index contributed by atoms with van der Waals surface area (Å²) in [5.74, 6) is 0. The quantitative estimate of drug-likeness (QED) is 0.747. The second-order valence-electron chi connectivity index (χ2n) is 5.67. The van der Waals surface area contributed by atoms with Crippen molar-refractivity contribution in [1.29, 1.82) is 0 Å². The van der Waals surface area contributed by atoms with Crippen molar-refractivity contribution in [2.75, 3.05) is 59.7 Å². The summed E-state index contributed by atoms with van der Waals surface area (Å²) in [6.45, 7) is 7.20. The molecule has 112 valence electrons. The summed E-state index contributed by atoms with van der Waals surface area (Å²) < 4.78 is 10.4. The molecule has 0 spiro atoms. The van der Waals surface area contributed by atoms with Gasteiger partial charge in [-0.15, -0.1) is 0 Å². The number of nitrogens with zero attached hydrogens (tertiary/aromatic N) is 2. The lowest BCUT2D eigenvalue weighted by atomic mass is 10.0. The highest BCUT2D eigenvalue weighted by molar-refractivity contribution is 4.82. The molecule has 0 aliphatic carbocycles. The number of ether oxygens (including phenoxy) is 2. The minimum atomic E-state index is -0.365. The molecule has 2 rings (SSSR count). The molecule has 0 radical (unpaired) electrons. The number of aliphatic hydroxyl groups excluding tert-OH is 1. The smallest absolute Gasteiger partial charge is 0.0900 e. The van der Waals surface area contributed by atoms with Gasteiger partial charge in [0.25, 0.3) is 0 Å². The van der Waals surface area contributed by atoms with Crippen molar-refractivity contribution in [2.45, 2.75) is 31.4 Å². The molecule has 2 atom stereocenters. The average molecular weight is 272 g/mol. The standard InChI is InChI=1S/C14H28N2O3/c1-18-12-14(17)11-16-5-3-2-4-13(16)10-15-6-8-19-9-7-15/h13-14,17H,2-12H2,1H3. The van der Waals surface area contributed by atoms with Crippen LogP contribution in [0.4, 0.5) is 0 Å². The Morgan fingerprint density at radius 1 is 1.26 bits per heavy atom. The van der Waals surface area contributed by atoms with Crippen LogP contribution in [0.2, 0.25) is 0 Å². The number of aliphatic hydroxyl groups is 1. The van der Waals surface area contributed by atoms with Gasteiger partial charge in [-0.05, 0) is 19.4 Å². The van der Waals surface area contributed by atoms with Crippen LogP contribution in [0.3, 0.4) is 0 Å². The van der Waals surface area contributed by atoms with E-state index in [9.17, 15) is 5.11 Å². The molecule has 0 aromatic rings. The molecule has 2 aliphatic rings. The molecule has 5 heteroatoms. The Morgan fingerprint density at radius 3 is 2.79 bits per heavy atom. The van der Waals surface area contributed by atoms with E-state index >= 15 is 0 Å². The highest BCUT2D eigenvalue weighted by atomic mass is 16.5. The zero-order chi connectivity index (χ0) is 13.5. The Labute approximate surface area is 116 Å². The third kappa shape index (κ3) is 5.00. The summed E-state index contributed by atoms with van der Waals surface area (Å²) in [4.78, 5) is 4.94. The maximum absolute atomic E-state index is 9.92. The molecule has 0 aromatic heterocycles. The van der Waals surface area contributed by atoms with Gasteiger partial charge in [-0.1, -0.05) is 6.42 Å². The van der Waals surface area contributed by atoms with Crippen molar-refractivity contribution in [3.8, 4) is 0 Å². The van der Waals surface area contributed by atoms with E-state index in [1.807, 2.05) is 0 Å². The van der Waals surface area contributed by atoms with Crippen LogP contribution in [0.1, 0.15) is 19.3 Å². The van der Waals surface area contributed by atoms with Gasteiger partial charge in [0.15, 0.2) is 0 Å². The summed E-state index contributed by atoms with van der Waals surface area (Å²) in [7, 11) is 1.64. The van der Waals surface area contributed by atoms with Gasteiger partial charge >= 0.3 is 0 Å². The van der Waals surface area contributed by atoms with Crippen molar-refractivity contribution in [3.63, 3.8) is 0 Å². The highest BCUT2D eigenvalue weighted by Crippen LogP contribution is 2.18. The Kier molecular flexibility index (Phi) is 6.53. The van der Waals surface area contributed by atoms with Gasteiger partial charge in [-0.25, -0.2) is 0 Å². The van der Waals surface area contributed by atoms with Crippen molar-refractivity contribution in [2.24, 2.45) is 0 Å². The molecule has 0 saturated carbocycles. The number of hydrogen-bond donors (Lipinski definition) is 1. The van der Waals surface area contributed by atoms with E-state index < -0.39 is 0 Å². The van der Waals surface area contributed by atoms with Crippen molar-refractivity contribution < 1.29 is 14.6 Å². The van der Waals surface area contributed by atoms with E-state index in [2.05, 4.69) is 9.80 Å². The third-order valence-electron chi connectivity index (χ3n) is 4.13. The molecule has 2 heterocycles. The van der Waals surface area contributed by atoms with E-state index in [4.69, 9.17) is 9.47 Å². The number of β-amino-alcohol motifs (C(OH)–C–C–N with tert-alkyl or cyclic N) is 1. The molecule has 0 bridgehead atoms. The second kappa shape index (κ2) is 8.17. The van der Waals surface area contributed by atoms with E-state index in [1.54, 1.807) is 7.11 Å². The summed E-state index contributed by atoms with van der Waals surface area (Å²) >= 11 is 0. The number of methoxy groups -OCH3 is 1. The first-order valence-electron chi connectivity index (χ1n) is 7.50. The van der Waals surface area contributed by atoms with Crippen molar-refractivity contribution in [1.82, 2.24) is 9.80 Å². The SMILES string of the molecule is COCC(O)CN1CCCCC1CN1CCOCC1. The fourth-order valence-electron chi connectivity index (χ4n) is 3.10. The molecule has 19 heavy (non-hydrogen) atoms. The first-order chi connectivity index (χ1) is 9.29. The predicted molar refractivity (Wildman–Crippen MR) is 74.4 cm³/mol. The number of likely N-dealkylation sites (tertiary alicyclic amines) is 1. The molecule has 2 fully saturated rings. The van der Waals surface area contributed by atoms with Crippen LogP contribution < -0.4 is 0 Å². The van der Waals surface area contributed by atoms with Gasteiger partial charge in [0, 0.05) is 39.3 Å². The molecule has 1 N–H and O–H groups in total. The lowest BCUT2D eigenvalue weighted by Gasteiger charge is -2.40. The van der Waals surface area contributed by atoms with Crippen molar-refractivity contribution in [3.05, 3.63) is 0 Å². The van der Waals surface area contributed by atoms with Gasteiger partial charge in [0.2, 0.25) is 0 Å². The zero-order valence-electron chi connectivity index (χ0n) is 12.1. The van der Waals surface area contributed by atoms with Crippen molar-refractivity contribution >= 4 is 0 Å². The molecular weight excluding hydrogens is 244 g/mol. The topological polar surface area (TPSA) is 45.2 Å². The fraction of sp³-hybridized carbons (Fsp3) is 1.00. The molecule has 2 saturated heterocycles. The number of rotatable bonds is 6. The molecule has 2 aliphatic heterocycles. The normalized spacial score (nSPS) is 28.4. The maximum atomic E-state index is 9.92. The number of hydrogen-bond acceptors (Lipinski definition) is 5. The first kappa shape index (κ1) is 15.2. The minimum Gasteiger partial charge on any atom is -0.389 e. The lowest BCUT2D eigenvalue weighted by Crippen LogP contribution is -2.51. The van der Waals surface area contributed by atoms with Crippen LogP contribution in [-0.2, 0) is 9.47 Å². The summed E-state index contributed by atoms with van der Waals surface area (Å²) in [5, 5.41) is 9.92. The summed E-state index contributed by atoms with van der Waals surface area (Å²) in [6.07, 6.45) is 3.44. The van der Waals surface area contributed by atoms with Gasteiger partial charge in [-0.2, -0.15) is 0 Å². The minimum absolute atomic E-state index is 0.365. The molecular formula is C14H28N2O3. The van der Waals surface area contributed by atoms with Gasteiger partial charge < -0.3 is 14.6 Å². The Morgan fingerprint density at radius 2 is 2.05 bits per heavy atom. The average Bonchev–Trinajstić information content (AvgIpc) is 2.42. The van der Waals surface area contributed by atoms with Crippen LogP contribution in [-0.4, -0.2) is 86.7 Å². The zero-order valence-corrected chi connectivity index (χ0v) is 12.1. The van der Waals surface area contributed by atoms with Gasteiger partial charge in [0.05, 0.1) is 25.9 Å². The van der Waals surface area contributed by atoms with E-state index in [-0.39, 0.29) is 6.10 Å². The number of morpholine rings is 1. The van der Waals surface area contributed by atoms with Crippen LogP contribution in [0, 0.1) is 0 Å². The van der Waals surface area contributed by atoms with E-state index in [0.29, 0.717) is 12.6 Å². The van der Waals surface area contributed by atoms with Crippen LogP contribution in [0.25, 0.3) is 0 Å². The van der Waals surface area contributed by atoms with E-state index in [0.717, 1.165) is 45.9 Å². The summed E-state index contributed by atoms with van der Waals surface area (Å²) in [6, 6.07) is 0.582. The molecule has 0 amide bonds. The Bertz CT molecular complexity index is 247. The Balaban J connectivity index is 1.80. The predicted octanol–water partition coefficient (Wildman–Crippen LogP) is 0.180. The third-order valence-corrected chi connectivity index (χ3v) is 4.13. The maximum Gasteiger partial charge on any atom is 0.0900 e. The Hall–Kier alpha value is -0.200. The first-order valence-corrected chi connectivity index (χ1v) is 7.50. The van der Waals surface area contributed by atoms with Crippen LogP contribution in [0.5, 0.6) is 0 Å². The highest BCUT2D eigenvalue weighted by Gasteiger charge is 2.26. The van der Waals surface area contributed by atoms with E-state index in [1.165, 1.54) is 19.3 Å². The number of piperidine rings is 1. The summed E-state index contributed by atoms with van der Waals surface area (Å²) in [5.41, 5.74) is 0.